The molecule has 0 radical (unpaired) electrons. The molecular weight excluding hydrogens is 202 g/mol. The summed E-state index contributed by atoms with van der Waals surface area (Å²) in [7, 11) is 0. The fourth-order valence-electron chi connectivity index (χ4n) is 1.06. The van der Waals surface area contributed by atoms with Crippen molar-refractivity contribution < 1.29 is 0 Å². The summed E-state index contributed by atoms with van der Waals surface area (Å²) in [5.74, 6) is 0.412. The molecule has 0 fully saturated rings. The van der Waals surface area contributed by atoms with Crippen molar-refractivity contribution in [3.05, 3.63) is 45.8 Å². The second kappa shape index (κ2) is 3.59. The highest BCUT2D eigenvalue weighted by molar-refractivity contribution is 6.33. The van der Waals surface area contributed by atoms with E-state index in [0.29, 0.717) is 16.4 Å². The monoisotopic (exact) mass is 207 g/mol. The summed E-state index contributed by atoms with van der Waals surface area (Å²) in [6.45, 7) is 0. The van der Waals surface area contributed by atoms with Crippen LogP contribution in [0.2, 0.25) is 5.02 Å². The van der Waals surface area contributed by atoms with Gasteiger partial charge in [-0.05, 0) is 12.1 Å². The Kier molecular flexibility index (Phi) is 2.28. The lowest BCUT2D eigenvalue weighted by atomic mass is 10.2. The number of nitrogens with one attached hydrogen (secondary N) is 1. The van der Waals surface area contributed by atoms with Gasteiger partial charge in [-0.15, -0.1) is 0 Å². The number of hydrogen-bond donors (Lipinski definition) is 1. The van der Waals surface area contributed by atoms with Gasteiger partial charge in [0, 0.05) is 5.56 Å². The molecule has 1 aromatic heterocycles. The largest absolute Gasteiger partial charge is 0.282 e. The van der Waals surface area contributed by atoms with Crippen LogP contribution in [0.4, 0.5) is 0 Å². The van der Waals surface area contributed by atoms with Gasteiger partial charge < -0.3 is 0 Å². The van der Waals surface area contributed by atoms with E-state index in [1.54, 1.807) is 12.1 Å². The van der Waals surface area contributed by atoms with E-state index in [0.717, 1.165) is 0 Å². The van der Waals surface area contributed by atoms with E-state index in [2.05, 4.69) is 15.2 Å². The van der Waals surface area contributed by atoms with E-state index in [9.17, 15) is 4.79 Å². The number of nitrogens with zero attached hydrogens (tertiary/aromatic N) is 2. The predicted octanol–water partition coefficient (Wildman–Crippen LogP) is 1.49. The molecule has 2 aromatic rings. The Labute approximate surface area is 84.6 Å². The molecule has 1 aromatic carbocycles. The van der Waals surface area contributed by atoms with Gasteiger partial charge in [0.1, 0.15) is 0 Å². The molecule has 1 N–H and O–H groups in total. The van der Waals surface area contributed by atoms with Crippen molar-refractivity contribution in [2.75, 3.05) is 0 Å². The van der Waals surface area contributed by atoms with Gasteiger partial charge >= 0.3 is 0 Å². The third kappa shape index (κ3) is 1.65. The van der Waals surface area contributed by atoms with E-state index >= 15 is 0 Å². The number of benzene rings is 1. The molecule has 0 unspecified atom stereocenters. The van der Waals surface area contributed by atoms with Crippen molar-refractivity contribution in [2.45, 2.75) is 0 Å². The van der Waals surface area contributed by atoms with Gasteiger partial charge in [-0.2, -0.15) is 5.10 Å². The van der Waals surface area contributed by atoms with E-state index < -0.39 is 0 Å². The fraction of sp³-hybridized carbons (Fsp3) is 0. The Morgan fingerprint density at radius 2 is 2.07 bits per heavy atom. The van der Waals surface area contributed by atoms with Gasteiger partial charge in [-0.25, -0.2) is 10.1 Å². The van der Waals surface area contributed by atoms with Crippen molar-refractivity contribution in [3.63, 3.8) is 0 Å². The Morgan fingerprint density at radius 3 is 2.71 bits per heavy atom. The summed E-state index contributed by atoms with van der Waals surface area (Å²) in [5, 5.41) is 6.63. The molecule has 0 saturated heterocycles. The summed E-state index contributed by atoms with van der Waals surface area (Å²) < 4.78 is 0. The average Bonchev–Trinajstić information content (AvgIpc) is 2.20. The van der Waals surface area contributed by atoms with E-state index in [4.69, 9.17) is 11.6 Å². The minimum atomic E-state index is -0.333. The van der Waals surface area contributed by atoms with Crippen LogP contribution in [0.25, 0.3) is 11.4 Å². The molecule has 0 amide bonds. The van der Waals surface area contributed by atoms with Crippen LogP contribution in [-0.4, -0.2) is 15.2 Å². The third-order valence-corrected chi connectivity index (χ3v) is 2.02. The SMILES string of the molecule is O=c1cnc(-c2ccccc2Cl)n[nH]1. The van der Waals surface area contributed by atoms with Crippen molar-refractivity contribution in [2.24, 2.45) is 0 Å². The quantitative estimate of drug-likeness (QED) is 0.771. The number of aromatic amines is 1. The number of halogens is 1. The van der Waals surface area contributed by atoms with Gasteiger partial charge in [0.05, 0.1) is 11.2 Å². The van der Waals surface area contributed by atoms with Crippen LogP contribution < -0.4 is 5.56 Å². The van der Waals surface area contributed by atoms with Gasteiger partial charge in [-0.3, -0.25) is 4.79 Å². The molecule has 0 aliphatic rings. The first-order valence-electron chi connectivity index (χ1n) is 3.94. The molecule has 0 aliphatic carbocycles. The molecule has 0 spiro atoms. The lowest BCUT2D eigenvalue weighted by molar-refractivity contribution is 0.941. The second-order valence-electron chi connectivity index (χ2n) is 2.65. The molecule has 0 saturated carbocycles. The smallest absolute Gasteiger partial charge is 0.266 e. The molecule has 1 heterocycles. The minimum Gasteiger partial charge on any atom is -0.266 e. The lowest BCUT2D eigenvalue weighted by Crippen LogP contribution is -2.08. The van der Waals surface area contributed by atoms with Crippen LogP contribution in [0.15, 0.2) is 35.3 Å². The van der Waals surface area contributed by atoms with E-state index in [-0.39, 0.29) is 5.56 Å². The molecule has 0 atom stereocenters. The van der Waals surface area contributed by atoms with Crippen LogP contribution in [0, 0.1) is 0 Å². The highest BCUT2D eigenvalue weighted by atomic mass is 35.5. The number of H-pyrrole nitrogens is 1. The molecule has 0 bridgehead atoms. The summed E-state index contributed by atoms with van der Waals surface area (Å²) >= 11 is 5.93. The summed E-state index contributed by atoms with van der Waals surface area (Å²) in [5.41, 5.74) is 0.367. The summed E-state index contributed by atoms with van der Waals surface area (Å²) in [6, 6.07) is 7.18. The Balaban J connectivity index is 2.55. The van der Waals surface area contributed by atoms with Crippen LogP contribution in [0.3, 0.4) is 0 Å². The van der Waals surface area contributed by atoms with Crippen LogP contribution in [0.5, 0.6) is 0 Å². The predicted molar refractivity (Wildman–Crippen MR) is 53.1 cm³/mol. The molecular formula is C9H6ClN3O. The first-order valence-corrected chi connectivity index (χ1v) is 4.32. The molecule has 4 nitrogen and oxygen atoms in total. The third-order valence-electron chi connectivity index (χ3n) is 1.69. The molecule has 2 rings (SSSR count). The van der Waals surface area contributed by atoms with Crippen LogP contribution in [-0.2, 0) is 0 Å². The van der Waals surface area contributed by atoms with Gasteiger partial charge in [0.2, 0.25) is 0 Å². The lowest BCUT2D eigenvalue weighted by Gasteiger charge is -1.99. The topological polar surface area (TPSA) is 58.6 Å². The Morgan fingerprint density at radius 1 is 1.29 bits per heavy atom. The van der Waals surface area contributed by atoms with Crippen LogP contribution in [0.1, 0.15) is 0 Å². The molecule has 14 heavy (non-hydrogen) atoms. The zero-order chi connectivity index (χ0) is 9.97. The van der Waals surface area contributed by atoms with Crippen molar-refractivity contribution in [1.82, 2.24) is 15.2 Å². The molecule has 0 aliphatic heterocycles. The summed E-state index contributed by atoms with van der Waals surface area (Å²) in [6.07, 6.45) is 1.17. The standard InChI is InChI=1S/C9H6ClN3O/c10-7-4-2-1-3-6(7)9-11-5-8(14)12-13-9/h1-5H,(H,12,14). The zero-order valence-corrected chi connectivity index (χ0v) is 7.82. The van der Waals surface area contributed by atoms with Crippen molar-refractivity contribution in [1.29, 1.82) is 0 Å². The maximum atomic E-state index is 10.7. The van der Waals surface area contributed by atoms with Gasteiger partial charge in [0.25, 0.3) is 5.56 Å². The second-order valence-corrected chi connectivity index (χ2v) is 3.06. The zero-order valence-electron chi connectivity index (χ0n) is 7.07. The first-order chi connectivity index (χ1) is 6.77. The van der Waals surface area contributed by atoms with Gasteiger partial charge in [-0.1, -0.05) is 23.7 Å². The van der Waals surface area contributed by atoms with E-state index in [1.165, 1.54) is 6.20 Å². The first kappa shape index (κ1) is 8.90. The Hall–Kier alpha value is -1.68. The maximum absolute atomic E-state index is 10.7. The highest BCUT2D eigenvalue weighted by Gasteiger charge is 2.04. The van der Waals surface area contributed by atoms with Crippen molar-refractivity contribution >= 4 is 11.6 Å². The number of hydrogen-bond acceptors (Lipinski definition) is 3. The maximum Gasteiger partial charge on any atom is 0.282 e. The molecule has 70 valence electrons. The Bertz CT molecular complexity index is 489. The van der Waals surface area contributed by atoms with Gasteiger partial charge in [0.15, 0.2) is 5.82 Å². The molecule has 5 heteroatoms. The minimum absolute atomic E-state index is 0.333. The normalized spacial score (nSPS) is 10.1. The van der Waals surface area contributed by atoms with E-state index in [1.807, 2.05) is 12.1 Å². The highest BCUT2D eigenvalue weighted by Crippen LogP contribution is 2.22. The average molecular weight is 208 g/mol. The fourth-order valence-corrected chi connectivity index (χ4v) is 1.28. The van der Waals surface area contributed by atoms with Crippen LogP contribution >= 0.6 is 11.6 Å². The number of aromatic nitrogens is 3. The number of rotatable bonds is 1. The summed E-state index contributed by atoms with van der Waals surface area (Å²) in [4.78, 5) is 14.6. The van der Waals surface area contributed by atoms with Crippen molar-refractivity contribution in [3.8, 4) is 11.4 Å².